The Hall–Kier alpha value is -2.29. The van der Waals surface area contributed by atoms with E-state index in [1.807, 2.05) is 23.1 Å². The van der Waals surface area contributed by atoms with E-state index in [-0.39, 0.29) is 5.82 Å². The topological polar surface area (TPSA) is 62.2 Å². The van der Waals surface area contributed by atoms with Crippen molar-refractivity contribution < 1.29 is 23.8 Å². The van der Waals surface area contributed by atoms with Gasteiger partial charge in [-0.1, -0.05) is 17.8 Å². The van der Waals surface area contributed by atoms with Crippen molar-refractivity contribution in [2.24, 2.45) is 0 Å². The van der Waals surface area contributed by atoms with Crippen LogP contribution in [0.2, 0.25) is 0 Å². The van der Waals surface area contributed by atoms with E-state index >= 15 is 0 Å². The van der Waals surface area contributed by atoms with Crippen molar-refractivity contribution >= 4 is 23.4 Å². The number of carboxylic acid groups (broad SMARTS) is 1. The lowest BCUT2D eigenvalue weighted by atomic mass is 10.2. The predicted octanol–water partition coefficient (Wildman–Crippen LogP) is 3.74. The maximum atomic E-state index is 13.7. The van der Waals surface area contributed by atoms with Crippen LogP contribution in [0.4, 0.5) is 10.1 Å². The Morgan fingerprint density at radius 2 is 2.03 bits per heavy atom. The minimum atomic E-state index is -0.769. The summed E-state index contributed by atoms with van der Waals surface area (Å²) >= 11 is 1.46. The Morgan fingerprint density at radius 3 is 2.81 bits per heavy atom. The number of carboxylic acids is 1. The Balaban J connectivity index is 1.49. The molecule has 0 radical (unpaired) electrons. The van der Waals surface area contributed by atoms with E-state index in [2.05, 4.69) is 11.0 Å². The number of ether oxygens (including phenoxy) is 2. The first kappa shape index (κ1) is 21.9. The Labute approximate surface area is 185 Å². The van der Waals surface area contributed by atoms with Crippen LogP contribution in [0, 0.1) is 5.82 Å². The zero-order chi connectivity index (χ0) is 21.6. The molecule has 0 amide bonds. The molecule has 2 fully saturated rings. The second-order valence-corrected chi connectivity index (χ2v) is 8.79. The Morgan fingerprint density at radius 1 is 1.19 bits per heavy atom. The van der Waals surface area contributed by atoms with Crippen LogP contribution >= 0.6 is 11.8 Å². The van der Waals surface area contributed by atoms with Gasteiger partial charge in [-0.25, -0.2) is 4.39 Å². The quantitative estimate of drug-likeness (QED) is 0.663. The van der Waals surface area contributed by atoms with Gasteiger partial charge in [0.15, 0.2) is 0 Å². The van der Waals surface area contributed by atoms with Crippen molar-refractivity contribution in [1.82, 2.24) is 4.90 Å². The highest BCUT2D eigenvalue weighted by molar-refractivity contribution is 7.99. The van der Waals surface area contributed by atoms with E-state index in [1.54, 1.807) is 6.07 Å². The molecule has 6 nitrogen and oxygen atoms in total. The van der Waals surface area contributed by atoms with Crippen LogP contribution in [0.3, 0.4) is 0 Å². The van der Waals surface area contributed by atoms with E-state index in [0.717, 1.165) is 47.3 Å². The van der Waals surface area contributed by atoms with Gasteiger partial charge in [-0.05, 0) is 55.8 Å². The van der Waals surface area contributed by atoms with Crippen LogP contribution in [0.25, 0.3) is 0 Å². The Kier molecular flexibility index (Phi) is 7.32. The summed E-state index contributed by atoms with van der Waals surface area (Å²) in [5.74, 6) is -0.322. The van der Waals surface area contributed by atoms with E-state index in [1.165, 1.54) is 23.9 Å². The molecule has 31 heavy (non-hydrogen) atoms. The third-order valence-corrected chi connectivity index (χ3v) is 6.64. The predicted molar refractivity (Wildman–Crippen MR) is 118 cm³/mol. The molecule has 1 N–H and O–H groups in total. The van der Waals surface area contributed by atoms with Crippen LogP contribution in [-0.2, 0) is 9.53 Å². The van der Waals surface area contributed by atoms with Crippen molar-refractivity contribution in [3.8, 4) is 5.75 Å². The number of anilines is 1. The highest BCUT2D eigenvalue weighted by Crippen LogP contribution is 2.38. The van der Waals surface area contributed by atoms with Gasteiger partial charge < -0.3 is 19.5 Å². The summed E-state index contributed by atoms with van der Waals surface area (Å²) in [5, 5.41) is 9.36. The van der Waals surface area contributed by atoms with E-state index < -0.39 is 12.0 Å². The molecule has 2 heterocycles. The van der Waals surface area contributed by atoms with Gasteiger partial charge in [0, 0.05) is 30.2 Å². The number of halogens is 1. The molecular weight excluding hydrogens is 419 g/mol. The molecule has 0 unspecified atom stereocenters. The number of benzene rings is 2. The lowest BCUT2D eigenvalue weighted by Gasteiger charge is -2.29. The van der Waals surface area contributed by atoms with Crippen LogP contribution in [0.5, 0.6) is 5.75 Å². The van der Waals surface area contributed by atoms with Gasteiger partial charge in [0.05, 0.1) is 18.1 Å². The molecule has 0 aromatic heterocycles. The molecule has 0 saturated carbocycles. The minimum Gasteiger partial charge on any atom is -0.491 e. The van der Waals surface area contributed by atoms with Gasteiger partial charge in [0.2, 0.25) is 0 Å². The van der Waals surface area contributed by atoms with Gasteiger partial charge in [-0.3, -0.25) is 9.69 Å². The number of hydrogen-bond donors (Lipinski definition) is 1. The fraction of sp³-hybridized carbons (Fsp3) is 0.435. The number of carbonyl (C=O) groups is 1. The van der Waals surface area contributed by atoms with Crippen LogP contribution in [0.15, 0.2) is 52.3 Å². The van der Waals surface area contributed by atoms with Crippen molar-refractivity contribution in [1.29, 1.82) is 0 Å². The van der Waals surface area contributed by atoms with Gasteiger partial charge >= 0.3 is 5.97 Å². The number of rotatable bonds is 8. The summed E-state index contributed by atoms with van der Waals surface area (Å²) in [4.78, 5) is 17.3. The first-order valence-corrected chi connectivity index (χ1v) is 11.4. The number of aliphatic carboxylic acids is 1. The molecular formula is C23H27FN2O4S. The molecule has 8 heteroatoms. The van der Waals surface area contributed by atoms with E-state index in [0.29, 0.717) is 32.8 Å². The maximum Gasteiger partial charge on any atom is 0.320 e. The van der Waals surface area contributed by atoms with Crippen LogP contribution < -0.4 is 9.64 Å². The van der Waals surface area contributed by atoms with Gasteiger partial charge in [0.1, 0.15) is 24.2 Å². The fourth-order valence-electron chi connectivity index (χ4n) is 4.02. The van der Waals surface area contributed by atoms with Gasteiger partial charge in [0.25, 0.3) is 0 Å². The molecule has 166 valence electrons. The standard InChI is InChI=1S/C23H27FN2O4S/c24-17-3-1-4-19(15-17)31-22-16-18(25-9-12-29-13-10-25)6-7-21(22)30-14-11-26-8-2-5-20(26)23(27)28/h1,3-4,6-7,15-16,20H,2,5,8-14H2,(H,27,28)/t20-/m0/s1. The summed E-state index contributed by atoms with van der Waals surface area (Å²) in [6.07, 6.45) is 1.58. The fourth-order valence-corrected chi connectivity index (χ4v) is 5.00. The molecule has 0 aliphatic carbocycles. The van der Waals surface area contributed by atoms with Crippen molar-refractivity contribution in [2.45, 2.75) is 28.7 Å². The molecule has 2 saturated heterocycles. The van der Waals surface area contributed by atoms with Crippen molar-refractivity contribution in [3.05, 3.63) is 48.3 Å². The summed E-state index contributed by atoms with van der Waals surface area (Å²) < 4.78 is 25.2. The molecule has 1 atom stereocenters. The average molecular weight is 447 g/mol. The largest absolute Gasteiger partial charge is 0.491 e. The smallest absolute Gasteiger partial charge is 0.320 e. The number of hydrogen-bond acceptors (Lipinski definition) is 6. The molecule has 2 aliphatic heterocycles. The Bertz CT molecular complexity index is 907. The van der Waals surface area contributed by atoms with Crippen LogP contribution in [0.1, 0.15) is 12.8 Å². The highest BCUT2D eigenvalue weighted by Gasteiger charge is 2.30. The molecule has 0 spiro atoms. The first-order chi connectivity index (χ1) is 15.1. The zero-order valence-electron chi connectivity index (χ0n) is 17.3. The molecule has 2 aromatic carbocycles. The second kappa shape index (κ2) is 10.3. The summed E-state index contributed by atoms with van der Waals surface area (Å²) in [6, 6.07) is 12.2. The average Bonchev–Trinajstić information content (AvgIpc) is 3.24. The third-order valence-electron chi connectivity index (χ3n) is 5.61. The summed E-state index contributed by atoms with van der Waals surface area (Å²) in [5.41, 5.74) is 1.08. The summed E-state index contributed by atoms with van der Waals surface area (Å²) in [7, 11) is 0. The first-order valence-electron chi connectivity index (χ1n) is 10.6. The molecule has 2 aromatic rings. The molecule has 0 bridgehead atoms. The number of likely N-dealkylation sites (tertiary alicyclic amines) is 1. The lowest BCUT2D eigenvalue weighted by Crippen LogP contribution is -2.38. The maximum absolute atomic E-state index is 13.7. The van der Waals surface area contributed by atoms with E-state index in [4.69, 9.17) is 9.47 Å². The third kappa shape index (κ3) is 5.70. The number of morpholine rings is 1. The normalized spacial score (nSPS) is 19.5. The van der Waals surface area contributed by atoms with Gasteiger partial charge in [-0.2, -0.15) is 0 Å². The SMILES string of the molecule is O=C(O)[C@@H]1CCCN1CCOc1ccc(N2CCOCC2)cc1Sc1cccc(F)c1. The highest BCUT2D eigenvalue weighted by atomic mass is 32.2. The van der Waals surface area contributed by atoms with E-state index in [9.17, 15) is 14.3 Å². The van der Waals surface area contributed by atoms with Crippen molar-refractivity contribution in [2.75, 3.05) is 50.9 Å². The number of nitrogens with zero attached hydrogens (tertiary/aromatic N) is 2. The summed E-state index contributed by atoms with van der Waals surface area (Å²) in [6.45, 7) is 4.80. The molecule has 4 rings (SSSR count). The zero-order valence-corrected chi connectivity index (χ0v) is 18.2. The monoisotopic (exact) mass is 446 g/mol. The van der Waals surface area contributed by atoms with Gasteiger partial charge in [-0.15, -0.1) is 0 Å². The van der Waals surface area contributed by atoms with Crippen LogP contribution in [-0.4, -0.2) is 68.0 Å². The minimum absolute atomic E-state index is 0.273. The second-order valence-electron chi connectivity index (χ2n) is 7.67. The molecule has 2 aliphatic rings. The lowest BCUT2D eigenvalue weighted by molar-refractivity contribution is -0.142. The van der Waals surface area contributed by atoms with Crippen molar-refractivity contribution in [3.63, 3.8) is 0 Å².